The average Bonchev–Trinajstić information content (AvgIpc) is 2.96. The van der Waals surface area contributed by atoms with Gasteiger partial charge in [0, 0.05) is 49.9 Å². The third-order valence-corrected chi connectivity index (χ3v) is 4.40. The second-order valence-electron chi connectivity index (χ2n) is 5.91. The van der Waals surface area contributed by atoms with E-state index in [-0.39, 0.29) is 0 Å². The van der Waals surface area contributed by atoms with Crippen LogP contribution in [0.1, 0.15) is 25.5 Å². The van der Waals surface area contributed by atoms with Gasteiger partial charge in [-0.15, -0.1) is 0 Å². The number of fused-ring (bicyclic) bond motifs is 1. The highest BCUT2D eigenvalue weighted by Gasteiger charge is 2.20. The van der Waals surface area contributed by atoms with Crippen molar-refractivity contribution in [3.63, 3.8) is 0 Å². The minimum Gasteiger partial charge on any atom is -0.372 e. The molecule has 4 heteroatoms. The van der Waals surface area contributed by atoms with Crippen molar-refractivity contribution >= 4 is 22.5 Å². The molecule has 1 aliphatic rings. The third kappa shape index (κ3) is 2.91. The van der Waals surface area contributed by atoms with Crippen LogP contribution in [0.25, 0.3) is 10.9 Å². The highest BCUT2D eigenvalue weighted by molar-refractivity contribution is 5.91. The van der Waals surface area contributed by atoms with E-state index in [4.69, 9.17) is 4.98 Å². The molecule has 0 atom stereocenters. The summed E-state index contributed by atoms with van der Waals surface area (Å²) in [4.78, 5) is 20.6. The molecule has 1 fully saturated rings. The highest BCUT2D eigenvalue weighted by atomic mass is 16.2. The zero-order chi connectivity index (χ0) is 15.5. The Morgan fingerprint density at radius 3 is 2.86 bits per heavy atom. The summed E-state index contributed by atoms with van der Waals surface area (Å²) in [6.45, 7) is 4.68. The first-order chi connectivity index (χ1) is 10.7. The predicted octanol–water partition coefficient (Wildman–Crippen LogP) is 2.86. The summed E-state index contributed by atoms with van der Waals surface area (Å²) in [6, 6.07) is 10.4. The van der Waals surface area contributed by atoms with Crippen LogP contribution in [0.2, 0.25) is 0 Å². The molecule has 4 nitrogen and oxygen atoms in total. The Bertz CT molecular complexity index is 683. The second-order valence-corrected chi connectivity index (χ2v) is 5.91. The number of likely N-dealkylation sites (tertiary alicyclic amines) is 1. The van der Waals surface area contributed by atoms with E-state index >= 15 is 0 Å². The summed E-state index contributed by atoms with van der Waals surface area (Å²) in [5.41, 5.74) is 3.35. The van der Waals surface area contributed by atoms with Crippen molar-refractivity contribution in [2.75, 3.05) is 31.6 Å². The zero-order valence-electron chi connectivity index (χ0n) is 13.4. The number of carbonyl (C=O) groups is 1. The molecule has 3 rings (SSSR count). The number of pyridine rings is 1. The number of aryl methyl sites for hydroxylation is 1. The number of anilines is 1. The highest BCUT2D eigenvalue weighted by Crippen LogP contribution is 2.26. The first-order valence-corrected chi connectivity index (χ1v) is 8.06. The maximum absolute atomic E-state index is 11.7. The lowest BCUT2D eigenvalue weighted by atomic mass is 10.1. The van der Waals surface area contributed by atoms with Crippen LogP contribution in [-0.2, 0) is 11.2 Å². The first-order valence-electron chi connectivity index (χ1n) is 8.06. The molecule has 1 aromatic carbocycles. The quantitative estimate of drug-likeness (QED) is 0.851. The smallest absolute Gasteiger partial charge is 0.222 e. The van der Waals surface area contributed by atoms with Crippen molar-refractivity contribution in [1.82, 2.24) is 9.88 Å². The number of likely N-dealkylation sites (N-methyl/N-ethyl adjacent to an activating group) is 1. The number of hydrogen-bond acceptors (Lipinski definition) is 3. The fourth-order valence-corrected chi connectivity index (χ4v) is 3.04. The van der Waals surface area contributed by atoms with Crippen LogP contribution in [0.4, 0.5) is 5.69 Å². The van der Waals surface area contributed by atoms with E-state index in [0.29, 0.717) is 12.3 Å². The molecule has 1 amide bonds. The number of rotatable bonds is 5. The van der Waals surface area contributed by atoms with Crippen LogP contribution in [0, 0.1) is 0 Å². The molecule has 1 aliphatic heterocycles. The molecule has 1 aromatic heterocycles. The maximum Gasteiger partial charge on any atom is 0.222 e. The van der Waals surface area contributed by atoms with Crippen LogP contribution in [-0.4, -0.2) is 42.5 Å². The Balaban J connectivity index is 1.83. The van der Waals surface area contributed by atoms with Gasteiger partial charge in [-0.2, -0.15) is 0 Å². The largest absolute Gasteiger partial charge is 0.372 e. The molecule has 0 saturated carbocycles. The molecule has 0 bridgehead atoms. The fourth-order valence-electron chi connectivity index (χ4n) is 3.04. The molecule has 116 valence electrons. The molecular weight excluding hydrogens is 274 g/mol. The molecule has 0 unspecified atom stereocenters. The van der Waals surface area contributed by atoms with Crippen molar-refractivity contribution < 1.29 is 4.79 Å². The number of para-hydroxylation sites is 1. The second kappa shape index (κ2) is 6.34. The Hall–Kier alpha value is -2.10. The molecule has 2 aromatic rings. The summed E-state index contributed by atoms with van der Waals surface area (Å²) in [5, 5.41) is 1.18. The Kier molecular flexibility index (Phi) is 4.27. The predicted molar refractivity (Wildman–Crippen MR) is 90.2 cm³/mol. The van der Waals surface area contributed by atoms with E-state index < -0.39 is 0 Å². The van der Waals surface area contributed by atoms with Crippen molar-refractivity contribution in [3.8, 4) is 0 Å². The standard InChI is InChI=1S/C18H23N3O/c1-3-14-13-17(15-7-4-5-8-16(15)19-14)20(2)11-12-21-10-6-9-18(21)22/h4-5,7-8,13H,3,6,9-12H2,1-2H3. The molecule has 0 spiro atoms. The van der Waals surface area contributed by atoms with Gasteiger partial charge in [0.2, 0.25) is 5.91 Å². The Morgan fingerprint density at radius 2 is 2.14 bits per heavy atom. The van der Waals surface area contributed by atoms with Gasteiger partial charge in [0.05, 0.1) is 5.52 Å². The number of nitrogens with zero attached hydrogens (tertiary/aromatic N) is 3. The van der Waals surface area contributed by atoms with E-state index in [1.54, 1.807) is 0 Å². The number of aromatic nitrogens is 1. The van der Waals surface area contributed by atoms with E-state index in [0.717, 1.165) is 43.7 Å². The van der Waals surface area contributed by atoms with Gasteiger partial charge in [0.25, 0.3) is 0 Å². The minimum atomic E-state index is 0.294. The zero-order valence-corrected chi connectivity index (χ0v) is 13.4. The van der Waals surface area contributed by atoms with Gasteiger partial charge in [0.1, 0.15) is 0 Å². The molecule has 0 aliphatic carbocycles. The lowest BCUT2D eigenvalue weighted by molar-refractivity contribution is -0.127. The van der Waals surface area contributed by atoms with Gasteiger partial charge in [-0.25, -0.2) is 0 Å². The fraction of sp³-hybridized carbons (Fsp3) is 0.444. The summed E-state index contributed by atoms with van der Waals surface area (Å²) in [7, 11) is 2.10. The summed E-state index contributed by atoms with van der Waals surface area (Å²) in [6.07, 6.45) is 2.64. The molecule has 22 heavy (non-hydrogen) atoms. The van der Waals surface area contributed by atoms with Crippen molar-refractivity contribution in [2.45, 2.75) is 26.2 Å². The maximum atomic E-state index is 11.7. The Labute approximate surface area is 131 Å². The average molecular weight is 297 g/mol. The van der Waals surface area contributed by atoms with Gasteiger partial charge >= 0.3 is 0 Å². The number of hydrogen-bond donors (Lipinski definition) is 0. The summed E-state index contributed by atoms with van der Waals surface area (Å²) >= 11 is 0. The van der Waals surface area contributed by atoms with Gasteiger partial charge in [-0.05, 0) is 25.0 Å². The van der Waals surface area contributed by atoms with Crippen LogP contribution in [0.5, 0.6) is 0 Å². The molecular formula is C18H23N3O. The molecule has 0 N–H and O–H groups in total. The SMILES string of the molecule is CCc1cc(N(C)CCN2CCCC2=O)c2ccccc2n1. The van der Waals surface area contributed by atoms with Gasteiger partial charge in [0.15, 0.2) is 0 Å². The van der Waals surface area contributed by atoms with Crippen LogP contribution >= 0.6 is 0 Å². The van der Waals surface area contributed by atoms with Crippen LogP contribution in [0.15, 0.2) is 30.3 Å². The topological polar surface area (TPSA) is 36.4 Å². The van der Waals surface area contributed by atoms with Gasteiger partial charge in [-0.3, -0.25) is 9.78 Å². The summed E-state index contributed by atoms with van der Waals surface area (Å²) < 4.78 is 0. The first kappa shape index (κ1) is 14.8. The van der Waals surface area contributed by atoms with Gasteiger partial charge in [-0.1, -0.05) is 25.1 Å². The number of carbonyl (C=O) groups excluding carboxylic acids is 1. The number of benzene rings is 1. The molecule has 1 saturated heterocycles. The van der Waals surface area contributed by atoms with E-state index in [2.05, 4.69) is 43.1 Å². The van der Waals surface area contributed by atoms with Crippen molar-refractivity contribution in [2.24, 2.45) is 0 Å². The minimum absolute atomic E-state index is 0.294. The molecule has 2 heterocycles. The van der Waals surface area contributed by atoms with E-state index in [1.165, 1.54) is 11.1 Å². The van der Waals surface area contributed by atoms with Crippen molar-refractivity contribution in [3.05, 3.63) is 36.0 Å². The lowest BCUT2D eigenvalue weighted by Crippen LogP contribution is -2.34. The van der Waals surface area contributed by atoms with Crippen LogP contribution < -0.4 is 4.90 Å². The number of amides is 1. The summed E-state index contributed by atoms with van der Waals surface area (Å²) in [5.74, 6) is 0.294. The van der Waals surface area contributed by atoms with E-state index in [9.17, 15) is 4.79 Å². The normalized spacial score (nSPS) is 14.8. The monoisotopic (exact) mass is 297 g/mol. The lowest BCUT2D eigenvalue weighted by Gasteiger charge is -2.25. The van der Waals surface area contributed by atoms with Gasteiger partial charge < -0.3 is 9.80 Å². The molecule has 0 radical (unpaired) electrons. The Morgan fingerprint density at radius 1 is 1.32 bits per heavy atom. The third-order valence-electron chi connectivity index (χ3n) is 4.40. The van der Waals surface area contributed by atoms with E-state index in [1.807, 2.05) is 11.0 Å². The van der Waals surface area contributed by atoms with Crippen LogP contribution in [0.3, 0.4) is 0 Å². The van der Waals surface area contributed by atoms with Crippen molar-refractivity contribution in [1.29, 1.82) is 0 Å².